The van der Waals surface area contributed by atoms with Crippen LogP contribution in [0.1, 0.15) is 37.6 Å². The lowest BCUT2D eigenvalue weighted by molar-refractivity contribution is 0.590. The lowest BCUT2D eigenvalue weighted by Gasteiger charge is -2.19. The molecule has 0 amide bonds. The van der Waals surface area contributed by atoms with Crippen molar-refractivity contribution in [3.05, 3.63) is 47.2 Å². The number of nitrogens with two attached hydrogens (primary N) is 1. The van der Waals surface area contributed by atoms with Crippen LogP contribution in [0.15, 0.2) is 30.3 Å². The Balaban J connectivity index is 2.13. The molecule has 0 unspecified atom stereocenters. The van der Waals surface area contributed by atoms with Crippen molar-refractivity contribution in [3.8, 4) is 0 Å². The van der Waals surface area contributed by atoms with Gasteiger partial charge in [-0.15, -0.1) is 0 Å². The molecule has 3 heteroatoms. The van der Waals surface area contributed by atoms with Gasteiger partial charge in [0.25, 0.3) is 0 Å². The first-order chi connectivity index (χ1) is 7.95. The van der Waals surface area contributed by atoms with Crippen LogP contribution in [0.3, 0.4) is 0 Å². The molecule has 0 saturated carbocycles. The summed E-state index contributed by atoms with van der Waals surface area (Å²) in [6, 6.07) is 10.6. The molecule has 3 N–H and O–H groups in total. The van der Waals surface area contributed by atoms with E-state index in [0.717, 1.165) is 12.1 Å². The van der Waals surface area contributed by atoms with Gasteiger partial charge < -0.3 is 5.73 Å². The van der Waals surface area contributed by atoms with Crippen LogP contribution < -0.4 is 5.73 Å². The Morgan fingerprint density at radius 3 is 2.29 bits per heavy atom. The predicted octanol–water partition coefficient (Wildman–Crippen LogP) is 2.88. The van der Waals surface area contributed by atoms with Gasteiger partial charge >= 0.3 is 0 Å². The van der Waals surface area contributed by atoms with E-state index in [0.29, 0.717) is 5.82 Å². The maximum Gasteiger partial charge on any atom is 0.119 e. The summed E-state index contributed by atoms with van der Waals surface area (Å²) < 4.78 is 0. The maximum absolute atomic E-state index is 5.60. The van der Waals surface area contributed by atoms with Crippen LogP contribution in [-0.4, -0.2) is 10.2 Å². The summed E-state index contributed by atoms with van der Waals surface area (Å²) in [5, 5.41) is 6.88. The number of rotatable bonds is 2. The van der Waals surface area contributed by atoms with Crippen molar-refractivity contribution in [2.24, 2.45) is 0 Å². The highest BCUT2D eigenvalue weighted by atomic mass is 15.1. The number of benzene rings is 1. The average Bonchev–Trinajstić information content (AvgIpc) is 2.63. The SMILES string of the molecule is CC(C)(C)c1ccc(Cc2cc(N)[nH]n2)cc1. The second kappa shape index (κ2) is 4.24. The fraction of sp³-hybridized carbons (Fsp3) is 0.357. The van der Waals surface area contributed by atoms with E-state index in [-0.39, 0.29) is 5.41 Å². The van der Waals surface area contributed by atoms with Crippen molar-refractivity contribution in [1.29, 1.82) is 0 Å². The van der Waals surface area contributed by atoms with Crippen LogP contribution in [0.2, 0.25) is 0 Å². The summed E-state index contributed by atoms with van der Waals surface area (Å²) in [5.41, 5.74) is 9.38. The summed E-state index contributed by atoms with van der Waals surface area (Å²) in [7, 11) is 0. The molecular weight excluding hydrogens is 210 g/mol. The zero-order valence-corrected chi connectivity index (χ0v) is 10.6. The van der Waals surface area contributed by atoms with E-state index in [9.17, 15) is 0 Å². The van der Waals surface area contributed by atoms with E-state index < -0.39 is 0 Å². The molecule has 0 spiro atoms. The van der Waals surface area contributed by atoms with Crippen LogP contribution in [0.5, 0.6) is 0 Å². The number of hydrogen-bond donors (Lipinski definition) is 2. The fourth-order valence-electron chi connectivity index (χ4n) is 1.80. The molecule has 0 atom stereocenters. The van der Waals surface area contributed by atoms with Crippen LogP contribution in [0.4, 0.5) is 5.82 Å². The van der Waals surface area contributed by atoms with Crippen molar-refractivity contribution in [2.75, 3.05) is 5.73 Å². The van der Waals surface area contributed by atoms with Gasteiger partial charge in [-0.05, 0) is 16.5 Å². The Kier molecular flexibility index (Phi) is 2.92. The summed E-state index contributed by atoms with van der Waals surface area (Å²) >= 11 is 0. The van der Waals surface area contributed by atoms with Gasteiger partial charge in [0.2, 0.25) is 0 Å². The molecule has 1 aromatic heterocycles. The van der Waals surface area contributed by atoms with E-state index >= 15 is 0 Å². The summed E-state index contributed by atoms with van der Waals surface area (Å²) in [5.74, 6) is 0.617. The topological polar surface area (TPSA) is 54.7 Å². The monoisotopic (exact) mass is 229 g/mol. The number of anilines is 1. The summed E-state index contributed by atoms with van der Waals surface area (Å²) in [6.45, 7) is 6.66. The minimum Gasteiger partial charge on any atom is -0.384 e. The third kappa shape index (κ3) is 2.87. The Hall–Kier alpha value is -1.77. The lowest BCUT2D eigenvalue weighted by Crippen LogP contribution is -2.10. The third-order valence-electron chi connectivity index (χ3n) is 2.86. The molecule has 0 saturated heterocycles. The predicted molar refractivity (Wildman–Crippen MR) is 70.9 cm³/mol. The number of H-pyrrole nitrogens is 1. The molecule has 1 aromatic carbocycles. The molecule has 0 aliphatic rings. The highest BCUT2D eigenvalue weighted by Gasteiger charge is 2.12. The van der Waals surface area contributed by atoms with Gasteiger partial charge in [-0.2, -0.15) is 5.10 Å². The van der Waals surface area contributed by atoms with E-state index in [1.54, 1.807) is 0 Å². The first-order valence-electron chi connectivity index (χ1n) is 5.84. The van der Waals surface area contributed by atoms with Gasteiger partial charge in [-0.3, -0.25) is 5.10 Å². The van der Waals surface area contributed by atoms with Gasteiger partial charge in [0.1, 0.15) is 5.82 Å². The average molecular weight is 229 g/mol. The number of nitrogen functional groups attached to an aromatic ring is 1. The largest absolute Gasteiger partial charge is 0.384 e. The molecule has 0 bridgehead atoms. The number of nitrogens with zero attached hydrogens (tertiary/aromatic N) is 1. The standard InChI is InChI=1S/C14H19N3/c1-14(2,3)11-6-4-10(5-7-11)8-12-9-13(15)17-16-12/h4-7,9H,8H2,1-3H3,(H3,15,16,17). The minimum absolute atomic E-state index is 0.204. The van der Waals surface area contributed by atoms with Gasteiger partial charge in [0.05, 0.1) is 5.69 Å². The second-order valence-electron chi connectivity index (χ2n) is 5.44. The van der Waals surface area contributed by atoms with Gasteiger partial charge in [-0.1, -0.05) is 45.0 Å². The quantitative estimate of drug-likeness (QED) is 0.832. The van der Waals surface area contributed by atoms with Crippen molar-refractivity contribution in [2.45, 2.75) is 32.6 Å². The third-order valence-corrected chi connectivity index (χ3v) is 2.86. The number of aromatic nitrogens is 2. The molecule has 3 nitrogen and oxygen atoms in total. The first kappa shape index (κ1) is 11.7. The smallest absolute Gasteiger partial charge is 0.119 e. The summed E-state index contributed by atoms with van der Waals surface area (Å²) in [4.78, 5) is 0. The molecule has 2 rings (SSSR count). The van der Waals surface area contributed by atoms with E-state index in [1.165, 1.54) is 11.1 Å². The molecule has 2 aromatic rings. The highest BCUT2D eigenvalue weighted by molar-refractivity contribution is 5.33. The maximum atomic E-state index is 5.60. The Bertz CT molecular complexity index is 489. The van der Waals surface area contributed by atoms with Crippen LogP contribution >= 0.6 is 0 Å². The molecule has 1 heterocycles. The number of hydrogen-bond acceptors (Lipinski definition) is 2. The molecule has 90 valence electrons. The molecule has 0 radical (unpaired) electrons. The van der Waals surface area contributed by atoms with Gasteiger partial charge in [-0.25, -0.2) is 0 Å². The molecule has 0 aliphatic carbocycles. The minimum atomic E-state index is 0.204. The normalized spacial score (nSPS) is 11.7. The van der Waals surface area contributed by atoms with Crippen molar-refractivity contribution in [3.63, 3.8) is 0 Å². The van der Waals surface area contributed by atoms with Crippen molar-refractivity contribution < 1.29 is 0 Å². The van der Waals surface area contributed by atoms with Crippen LogP contribution in [0, 0.1) is 0 Å². The Morgan fingerprint density at radius 1 is 1.18 bits per heavy atom. The Labute approximate surface area is 102 Å². The molecular formula is C14H19N3. The zero-order chi connectivity index (χ0) is 12.5. The first-order valence-corrected chi connectivity index (χ1v) is 5.84. The second-order valence-corrected chi connectivity index (χ2v) is 5.44. The van der Waals surface area contributed by atoms with E-state index in [4.69, 9.17) is 5.73 Å². The molecule has 17 heavy (non-hydrogen) atoms. The lowest BCUT2D eigenvalue weighted by atomic mass is 9.86. The number of nitrogens with one attached hydrogen (secondary N) is 1. The number of aromatic amines is 1. The van der Waals surface area contributed by atoms with Gasteiger partial charge in [0, 0.05) is 12.5 Å². The molecule has 0 fully saturated rings. The van der Waals surface area contributed by atoms with Crippen molar-refractivity contribution in [1.82, 2.24) is 10.2 Å². The fourth-order valence-corrected chi connectivity index (χ4v) is 1.80. The van der Waals surface area contributed by atoms with Crippen LogP contribution in [-0.2, 0) is 11.8 Å². The van der Waals surface area contributed by atoms with E-state index in [1.807, 2.05) is 6.07 Å². The van der Waals surface area contributed by atoms with Gasteiger partial charge in [0.15, 0.2) is 0 Å². The Morgan fingerprint density at radius 2 is 1.82 bits per heavy atom. The summed E-state index contributed by atoms with van der Waals surface area (Å²) in [6.07, 6.45) is 0.818. The van der Waals surface area contributed by atoms with Crippen molar-refractivity contribution >= 4 is 5.82 Å². The van der Waals surface area contributed by atoms with Crippen LogP contribution in [0.25, 0.3) is 0 Å². The molecule has 0 aliphatic heterocycles. The zero-order valence-electron chi connectivity index (χ0n) is 10.6. The highest BCUT2D eigenvalue weighted by Crippen LogP contribution is 2.22. The van der Waals surface area contributed by atoms with E-state index in [2.05, 4.69) is 55.2 Å².